The van der Waals surface area contributed by atoms with Crippen molar-refractivity contribution in [3.8, 4) is 11.8 Å². The Balaban J connectivity index is 1.86. The van der Waals surface area contributed by atoms with Crippen LogP contribution in [0.15, 0.2) is 17.1 Å². The molecule has 0 fully saturated rings. The number of nitrogens with zero attached hydrogens (tertiary/aromatic N) is 2. The summed E-state index contributed by atoms with van der Waals surface area (Å²) >= 11 is 13.9. The molecule has 0 bridgehead atoms. The number of ether oxygens (including phenoxy) is 1. The van der Waals surface area contributed by atoms with Gasteiger partial charge < -0.3 is 9.84 Å². The van der Waals surface area contributed by atoms with Gasteiger partial charge in [-0.05, 0) is 53.9 Å². The number of carboxylic acids is 1. The normalized spacial score (nSPS) is 16.3. The molecule has 1 heterocycles. The molecule has 0 radical (unpaired) electrons. The number of thiophene rings is 1. The number of halogens is 2. The third kappa shape index (κ3) is 4.97. The highest BCUT2D eigenvalue weighted by Crippen LogP contribution is 2.45. The van der Waals surface area contributed by atoms with Crippen molar-refractivity contribution in [3.05, 3.63) is 43.7 Å². The van der Waals surface area contributed by atoms with Crippen molar-refractivity contribution >= 4 is 51.7 Å². The number of aliphatic imine (C=N–C) groups is 1. The maximum absolute atomic E-state index is 10.7. The first kappa shape index (κ1) is 22.6. The van der Waals surface area contributed by atoms with Gasteiger partial charge in [-0.2, -0.15) is 5.26 Å². The van der Waals surface area contributed by atoms with Crippen LogP contribution in [0.1, 0.15) is 48.8 Å². The summed E-state index contributed by atoms with van der Waals surface area (Å²) < 4.78 is 5.13. The Morgan fingerprint density at radius 2 is 2.07 bits per heavy atom. The van der Waals surface area contributed by atoms with Crippen molar-refractivity contribution in [3.63, 3.8) is 0 Å². The second kappa shape index (κ2) is 8.97. The molecule has 0 amide bonds. The molecule has 1 N–H and O–H groups in total. The van der Waals surface area contributed by atoms with Gasteiger partial charge in [0.1, 0.15) is 11.1 Å². The molecule has 158 valence electrons. The van der Waals surface area contributed by atoms with E-state index in [1.807, 2.05) is 0 Å². The molecule has 0 saturated heterocycles. The number of hydrogen-bond donors (Lipinski definition) is 1. The quantitative estimate of drug-likeness (QED) is 0.526. The summed E-state index contributed by atoms with van der Waals surface area (Å²) in [5, 5.41) is 19.5. The smallest absolute Gasteiger partial charge is 0.341 e. The molecule has 1 aliphatic carbocycles. The molecule has 1 atom stereocenters. The monoisotopic (exact) mass is 464 g/mol. The maximum atomic E-state index is 10.7. The van der Waals surface area contributed by atoms with Crippen molar-refractivity contribution in [1.29, 1.82) is 5.26 Å². The molecule has 1 aromatic heterocycles. The number of rotatable bonds is 5. The van der Waals surface area contributed by atoms with E-state index in [0.29, 0.717) is 22.0 Å². The fourth-order valence-corrected chi connectivity index (χ4v) is 5.41. The van der Waals surface area contributed by atoms with Gasteiger partial charge in [0, 0.05) is 11.1 Å². The van der Waals surface area contributed by atoms with Gasteiger partial charge in [-0.1, -0.05) is 44.0 Å². The van der Waals surface area contributed by atoms with Crippen LogP contribution in [0.2, 0.25) is 10.0 Å². The van der Waals surface area contributed by atoms with Crippen molar-refractivity contribution in [2.75, 3.05) is 6.61 Å². The standard InChI is InChI=1S/C22H22Cl2N2O3S/c1-22(2,3)13-4-5-14-15(9-25)21(30-18(14)8-13)26-10-12-6-16(23)20(17(24)7-12)29-11-19(27)28/h6-7,10,13H,4-5,8,11H2,1-3H3,(H,27,28)/t13-/m0/s1. The SMILES string of the molecule is CC(C)(C)[C@H]1CCc2c(sc(N=Cc3cc(Cl)c(OCC(=O)O)c(Cl)c3)c2C#N)C1. The molecule has 0 spiro atoms. The average molecular weight is 465 g/mol. The van der Waals surface area contributed by atoms with E-state index in [2.05, 4.69) is 31.8 Å². The zero-order valence-corrected chi connectivity index (χ0v) is 19.3. The minimum Gasteiger partial charge on any atom is -0.479 e. The molecule has 30 heavy (non-hydrogen) atoms. The lowest BCUT2D eigenvalue weighted by Gasteiger charge is -2.33. The number of hydrogen-bond acceptors (Lipinski definition) is 5. The first-order valence-corrected chi connectivity index (χ1v) is 11.1. The first-order chi connectivity index (χ1) is 14.1. The molecule has 1 aliphatic rings. The molecule has 8 heteroatoms. The van der Waals surface area contributed by atoms with Crippen LogP contribution in [0.4, 0.5) is 5.00 Å². The van der Waals surface area contributed by atoms with E-state index in [9.17, 15) is 10.1 Å². The summed E-state index contributed by atoms with van der Waals surface area (Å²) in [5.74, 6) is -0.412. The lowest BCUT2D eigenvalue weighted by atomic mass is 9.72. The maximum Gasteiger partial charge on any atom is 0.341 e. The van der Waals surface area contributed by atoms with Crippen LogP contribution in [-0.2, 0) is 17.6 Å². The van der Waals surface area contributed by atoms with E-state index in [1.54, 1.807) is 29.7 Å². The highest BCUT2D eigenvalue weighted by Gasteiger charge is 2.32. The molecule has 0 saturated carbocycles. The highest BCUT2D eigenvalue weighted by atomic mass is 35.5. The summed E-state index contributed by atoms with van der Waals surface area (Å²) in [4.78, 5) is 16.5. The molecular weight excluding hydrogens is 443 g/mol. The Labute approximate surface area is 189 Å². The number of aliphatic carboxylic acids is 1. The van der Waals surface area contributed by atoms with Gasteiger partial charge in [-0.3, -0.25) is 0 Å². The molecule has 2 aromatic rings. The number of carboxylic acid groups (broad SMARTS) is 1. The van der Waals surface area contributed by atoms with E-state index in [4.69, 9.17) is 33.0 Å². The van der Waals surface area contributed by atoms with Crippen LogP contribution in [0.3, 0.4) is 0 Å². The summed E-state index contributed by atoms with van der Waals surface area (Å²) in [5.41, 5.74) is 2.65. The van der Waals surface area contributed by atoms with E-state index < -0.39 is 12.6 Å². The summed E-state index contributed by atoms with van der Waals surface area (Å²) in [6.07, 6.45) is 4.56. The van der Waals surface area contributed by atoms with Crippen molar-refractivity contribution in [1.82, 2.24) is 0 Å². The molecule has 3 rings (SSSR count). The Bertz CT molecular complexity index is 1020. The Morgan fingerprint density at radius 1 is 1.40 bits per heavy atom. The average Bonchev–Trinajstić information content (AvgIpc) is 3.01. The second-order valence-electron chi connectivity index (χ2n) is 8.36. The fourth-order valence-electron chi connectivity index (χ4n) is 3.58. The lowest BCUT2D eigenvalue weighted by Crippen LogP contribution is -2.26. The van der Waals surface area contributed by atoms with Gasteiger partial charge in [0.2, 0.25) is 0 Å². The van der Waals surface area contributed by atoms with E-state index in [0.717, 1.165) is 24.8 Å². The van der Waals surface area contributed by atoms with Crippen LogP contribution in [0.25, 0.3) is 0 Å². The first-order valence-electron chi connectivity index (χ1n) is 9.52. The van der Waals surface area contributed by atoms with Crippen LogP contribution < -0.4 is 4.74 Å². The molecule has 1 aromatic carbocycles. The molecular formula is C22H22Cl2N2O3S. The third-order valence-electron chi connectivity index (χ3n) is 5.27. The van der Waals surface area contributed by atoms with Gasteiger partial charge in [-0.25, -0.2) is 9.79 Å². The van der Waals surface area contributed by atoms with Crippen LogP contribution >= 0.6 is 34.5 Å². The number of benzene rings is 1. The van der Waals surface area contributed by atoms with Crippen LogP contribution in [0.5, 0.6) is 5.75 Å². The molecule has 0 aliphatic heterocycles. The lowest BCUT2D eigenvalue weighted by molar-refractivity contribution is -0.139. The summed E-state index contributed by atoms with van der Waals surface area (Å²) in [6.45, 7) is 6.25. The van der Waals surface area contributed by atoms with E-state index >= 15 is 0 Å². The fraction of sp³-hybridized carbons (Fsp3) is 0.409. The van der Waals surface area contributed by atoms with Crippen molar-refractivity contribution < 1.29 is 14.6 Å². The van der Waals surface area contributed by atoms with Crippen LogP contribution in [-0.4, -0.2) is 23.9 Å². The van der Waals surface area contributed by atoms with Gasteiger partial charge in [-0.15, -0.1) is 11.3 Å². The second-order valence-corrected chi connectivity index (χ2v) is 10.3. The van der Waals surface area contributed by atoms with Gasteiger partial charge in [0.05, 0.1) is 15.6 Å². The van der Waals surface area contributed by atoms with E-state index in [-0.39, 0.29) is 21.2 Å². The Kier molecular flexibility index (Phi) is 6.76. The molecule has 0 unspecified atom stereocenters. The Hall–Kier alpha value is -2.07. The Morgan fingerprint density at radius 3 is 2.63 bits per heavy atom. The summed E-state index contributed by atoms with van der Waals surface area (Å²) in [7, 11) is 0. The zero-order valence-electron chi connectivity index (χ0n) is 17.0. The van der Waals surface area contributed by atoms with Gasteiger partial charge in [0.25, 0.3) is 0 Å². The predicted octanol–water partition coefficient (Wildman–Crippen LogP) is 6.29. The van der Waals surface area contributed by atoms with Crippen molar-refractivity contribution in [2.45, 2.75) is 40.0 Å². The van der Waals surface area contributed by atoms with Gasteiger partial charge >= 0.3 is 5.97 Å². The number of fused-ring (bicyclic) bond motifs is 1. The van der Waals surface area contributed by atoms with E-state index in [1.165, 1.54) is 4.88 Å². The third-order valence-corrected chi connectivity index (χ3v) is 7.00. The number of nitriles is 1. The highest BCUT2D eigenvalue weighted by molar-refractivity contribution is 7.16. The van der Waals surface area contributed by atoms with Crippen molar-refractivity contribution in [2.24, 2.45) is 16.3 Å². The number of carbonyl (C=O) groups is 1. The largest absolute Gasteiger partial charge is 0.479 e. The topological polar surface area (TPSA) is 82.7 Å². The minimum absolute atomic E-state index is 0.121. The molecule has 5 nitrogen and oxygen atoms in total. The zero-order chi connectivity index (χ0) is 22.1. The van der Waals surface area contributed by atoms with Crippen LogP contribution in [0, 0.1) is 22.7 Å². The van der Waals surface area contributed by atoms with Gasteiger partial charge in [0.15, 0.2) is 12.4 Å². The minimum atomic E-state index is -1.12. The predicted molar refractivity (Wildman–Crippen MR) is 121 cm³/mol. The summed E-state index contributed by atoms with van der Waals surface area (Å²) in [6, 6.07) is 5.52.